The monoisotopic (exact) mass is 829 g/mol. The van der Waals surface area contributed by atoms with E-state index < -0.39 is 0 Å². The Morgan fingerprint density at radius 3 is 1.65 bits per heavy atom. The highest BCUT2D eigenvalue weighted by Gasteiger charge is 2.25. The number of fused-ring (bicyclic) bond motifs is 9. The van der Waals surface area contributed by atoms with E-state index in [9.17, 15) is 0 Å². The molecule has 12 rings (SSSR count). The highest BCUT2D eigenvalue weighted by Crippen LogP contribution is 2.54. The third-order valence-electron chi connectivity index (χ3n) is 13.2. The van der Waals surface area contributed by atoms with E-state index in [1.165, 1.54) is 118 Å². The van der Waals surface area contributed by atoms with E-state index in [0.717, 1.165) is 12.8 Å². The van der Waals surface area contributed by atoms with E-state index >= 15 is 0 Å². The number of thiophene rings is 2. The van der Waals surface area contributed by atoms with Crippen molar-refractivity contribution in [2.75, 3.05) is 0 Å². The maximum atomic E-state index is 2.54. The van der Waals surface area contributed by atoms with Crippen molar-refractivity contribution in [1.82, 2.24) is 4.57 Å². The predicted octanol–water partition coefficient (Wildman–Crippen LogP) is 17.6. The summed E-state index contributed by atoms with van der Waals surface area (Å²) >= 11 is 3.89. The molecule has 1 unspecified atom stereocenters. The highest BCUT2D eigenvalue weighted by atomic mass is 32.1. The van der Waals surface area contributed by atoms with Crippen LogP contribution in [0.3, 0.4) is 0 Å². The van der Waals surface area contributed by atoms with E-state index in [1.807, 2.05) is 22.7 Å². The van der Waals surface area contributed by atoms with Crippen LogP contribution in [0.25, 0.3) is 101 Å². The molecule has 0 bridgehead atoms. The topological polar surface area (TPSA) is 4.93 Å². The Bertz CT molecular complexity index is 3610. The minimum atomic E-state index is 0.383. The lowest BCUT2D eigenvalue weighted by Gasteiger charge is -2.21. The molecule has 0 radical (unpaired) electrons. The molecular weight excluding hydrogens is 787 g/mol. The first-order valence-electron chi connectivity index (χ1n) is 21.8. The van der Waals surface area contributed by atoms with E-state index in [0.29, 0.717) is 5.92 Å². The summed E-state index contributed by atoms with van der Waals surface area (Å²) in [5.41, 5.74) is 15.7. The third kappa shape index (κ3) is 5.87. The largest absolute Gasteiger partial charge is 0.309 e. The van der Waals surface area contributed by atoms with Crippen LogP contribution in [-0.4, -0.2) is 4.57 Å². The van der Waals surface area contributed by atoms with Crippen LogP contribution in [0.5, 0.6) is 0 Å². The number of para-hydroxylation sites is 2. The summed E-state index contributed by atoms with van der Waals surface area (Å²) in [5, 5.41) is 7.91. The summed E-state index contributed by atoms with van der Waals surface area (Å²) in [4.78, 5) is 0. The van der Waals surface area contributed by atoms with Crippen molar-refractivity contribution >= 4 is 84.8 Å². The van der Waals surface area contributed by atoms with Crippen molar-refractivity contribution in [3.8, 4) is 39.1 Å². The molecule has 0 aliphatic carbocycles. The second-order valence-electron chi connectivity index (χ2n) is 16.7. The summed E-state index contributed by atoms with van der Waals surface area (Å²) in [5.74, 6) is 0.383. The number of aryl methyl sites for hydroxylation is 1. The van der Waals surface area contributed by atoms with Crippen LogP contribution < -0.4 is 0 Å². The van der Waals surface area contributed by atoms with Crippen LogP contribution in [-0.2, 0) is 6.42 Å². The summed E-state index contributed by atoms with van der Waals surface area (Å²) in [7, 11) is 0. The zero-order chi connectivity index (χ0) is 41.3. The molecule has 3 aromatic heterocycles. The average molecular weight is 830 g/mol. The first-order chi connectivity index (χ1) is 30.6. The van der Waals surface area contributed by atoms with Crippen LogP contribution in [0.2, 0.25) is 0 Å². The lowest BCUT2D eigenvalue weighted by molar-refractivity contribution is 0.662. The number of aromatic nitrogens is 1. The van der Waals surface area contributed by atoms with Crippen molar-refractivity contribution in [3.63, 3.8) is 0 Å². The fourth-order valence-corrected chi connectivity index (χ4v) is 12.9. The molecule has 296 valence electrons. The Morgan fingerprint density at radius 1 is 0.468 bits per heavy atom. The number of benzene rings is 9. The van der Waals surface area contributed by atoms with Gasteiger partial charge in [0.2, 0.25) is 0 Å². The zero-order valence-electron chi connectivity index (χ0n) is 34.7. The molecule has 0 aliphatic heterocycles. The number of hydrogen-bond acceptors (Lipinski definition) is 2. The van der Waals surface area contributed by atoms with Crippen LogP contribution >= 0.6 is 22.7 Å². The molecule has 9 aromatic carbocycles. The minimum absolute atomic E-state index is 0.383. The summed E-state index contributed by atoms with van der Waals surface area (Å²) in [6.45, 7) is 4.58. The van der Waals surface area contributed by atoms with Gasteiger partial charge in [-0.3, -0.25) is 0 Å². The van der Waals surface area contributed by atoms with Crippen molar-refractivity contribution in [1.29, 1.82) is 0 Å². The molecule has 0 N–H and O–H groups in total. The molecule has 1 nitrogen and oxygen atoms in total. The first-order valence-corrected chi connectivity index (χ1v) is 23.4. The van der Waals surface area contributed by atoms with Crippen LogP contribution in [0.1, 0.15) is 36.0 Å². The van der Waals surface area contributed by atoms with Crippen molar-refractivity contribution in [2.24, 2.45) is 0 Å². The molecule has 0 amide bonds. The van der Waals surface area contributed by atoms with Gasteiger partial charge < -0.3 is 4.57 Å². The van der Waals surface area contributed by atoms with Crippen LogP contribution in [0.15, 0.2) is 194 Å². The molecule has 3 heterocycles. The molecule has 0 saturated heterocycles. The molecule has 1 atom stereocenters. The lowest BCUT2D eigenvalue weighted by atomic mass is 9.84. The SMILES string of the molecule is CCC(Cc1ccc2sc3c(-c4ccccc4)c4sc5ccc(-n6c7ccccc7c7ccccc76)cc5c4c(-c4ccccc4)c3c2c1)c1ccccc1-c1ccccc1C. The number of rotatable bonds is 8. The standard InChI is InChI=1S/C59H43NS2/c1-3-39(44-24-12-13-25-45(44)43-23-11-10-18-37(43)2)34-38-30-32-52-48(35-38)56-54(40-19-6-4-7-20-40)57-49-36-42(60-50-28-16-14-26-46(50)47-27-15-17-29-51(47)60)31-33-53(49)62-59(57)55(58(56)61-52)41-21-8-5-9-22-41/h4-33,35-36,39H,3,34H2,1-2H3. The van der Waals surface area contributed by atoms with Gasteiger partial charge in [-0.2, -0.15) is 0 Å². The Hall–Kier alpha value is -6.78. The summed E-state index contributed by atoms with van der Waals surface area (Å²) in [6, 6.07) is 72.4. The second-order valence-corrected chi connectivity index (χ2v) is 18.8. The smallest absolute Gasteiger partial charge is 0.0541 e. The van der Waals surface area contributed by atoms with Gasteiger partial charge >= 0.3 is 0 Å². The van der Waals surface area contributed by atoms with Gasteiger partial charge in [0.15, 0.2) is 0 Å². The average Bonchev–Trinajstić information content (AvgIpc) is 4.00. The van der Waals surface area contributed by atoms with Crippen molar-refractivity contribution in [2.45, 2.75) is 32.6 Å². The predicted molar refractivity (Wildman–Crippen MR) is 271 cm³/mol. The molecule has 62 heavy (non-hydrogen) atoms. The summed E-state index contributed by atoms with van der Waals surface area (Å²) in [6.07, 6.45) is 2.04. The van der Waals surface area contributed by atoms with E-state index in [4.69, 9.17) is 0 Å². The maximum absolute atomic E-state index is 2.54. The van der Waals surface area contributed by atoms with Crippen LogP contribution in [0.4, 0.5) is 0 Å². The zero-order valence-corrected chi connectivity index (χ0v) is 36.4. The van der Waals surface area contributed by atoms with Gasteiger partial charge in [0, 0.05) is 67.9 Å². The van der Waals surface area contributed by atoms with E-state index in [1.54, 1.807) is 0 Å². The van der Waals surface area contributed by atoms with Gasteiger partial charge in [-0.15, -0.1) is 22.7 Å². The fourth-order valence-electron chi connectivity index (χ4n) is 10.3. The van der Waals surface area contributed by atoms with Crippen LogP contribution in [0, 0.1) is 6.92 Å². The Kier molecular flexibility index (Phi) is 8.95. The fraction of sp³-hybridized carbons (Fsp3) is 0.0847. The molecule has 0 saturated carbocycles. The molecule has 0 fully saturated rings. The second kappa shape index (κ2) is 15.0. The van der Waals surface area contributed by atoms with E-state index in [2.05, 4.69) is 213 Å². The first kappa shape index (κ1) is 37.0. The highest BCUT2D eigenvalue weighted by molar-refractivity contribution is 7.29. The Labute approximate surface area is 369 Å². The van der Waals surface area contributed by atoms with E-state index in [-0.39, 0.29) is 0 Å². The molecule has 3 heteroatoms. The molecular formula is C59H43NS2. The third-order valence-corrected chi connectivity index (χ3v) is 15.5. The van der Waals surface area contributed by atoms with Crippen molar-refractivity contribution in [3.05, 3.63) is 211 Å². The minimum Gasteiger partial charge on any atom is -0.309 e. The van der Waals surface area contributed by atoms with Gasteiger partial charge in [0.05, 0.1) is 11.0 Å². The number of hydrogen-bond donors (Lipinski definition) is 0. The van der Waals surface area contributed by atoms with Gasteiger partial charge in [-0.05, 0) is 107 Å². The normalized spacial score (nSPS) is 12.4. The molecule has 0 aliphatic rings. The van der Waals surface area contributed by atoms with Crippen molar-refractivity contribution < 1.29 is 0 Å². The quantitative estimate of drug-likeness (QED) is 0.144. The Morgan fingerprint density at radius 2 is 1.00 bits per heavy atom. The lowest BCUT2D eigenvalue weighted by Crippen LogP contribution is -2.04. The van der Waals surface area contributed by atoms with Gasteiger partial charge in [-0.1, -0.05) is 159 Å². The molecule has 0 spiro atoms. The maximum Gasteiger partial charge on any atom is 0.0541 e. The van der Waals surface area contributed by atoms with Gasteiger partial charge in [0.25, 0.3) is 0 Å². The van der Waals surface area contributed by atoms with Gasteiger partial charge in [0.1, 0.15) is 0 Å². The summed E-state index contributed by atoms with van der Waals surface area (Å²) < 4.78 is 7.81. The van der Waals surface area contributed by atoms with Gasteiger partial charge in [-0.25, -0.2) is 0 Å². The molecule has 12 aromatic rings. The Balaban J connectivity index is 1.13. The number of nitrogens with zero attached hydrogens (tertiary/aromatic N) is 1.